The first kappa shape index (κ1) is 27.3. The van der Waals surface area contributed by atoms with Crippen molar-refractivity contribution in [2.75, 3.05) is 65.5 Å². The Labute approximate surface area is 224 Å². The molecule has 0 fully saturated rings. The Balaban J connectivity index is 1.44. The number of benzene rings is 3. The Kier molecular flexibility index (Phi) is 9.71. The number of hydrogen-bond donors (Lipinski definition) is 2. The highest BCUT2D eigenvalue weighted by Gasteiger charge is 2.25. The molecule has 0 amide bonds. The number of methoxy groups -OCH3 is 1. The summed E-state index contributed by atoms with van der Waals surface area (Å²) in [5, 5.41) is 20.9. The zero-order valence-corrected chi connectivity index (χ0v) is 22.7. The number of para-hydroxylation sites is 2. The maximum atomic E-state index is 11.2. The van der Waals surface area contributed by atoms with Gasteiger partial charge in [0.2, 0.25) is 0 Å². The van der Waals surface area contributed by atoms with Gasteiger partial charge in [0.15, 0.2) is 11.5 Å². The van der Waals surface area contributed by atoms with E-state index in [-0.39, 0.29) is 6.61 Å². The average Bonchev–Trinajstić information content (AvgIpc) is 2.89. The second-order valence-electron chi connectivity index (χ2n) is 9.40. The number of aliphatic hydroxyl groups excluding tert-OH is 2. The van der Waals surface area contributed by atoms with Crippen molar-refractivity contribution in [3.8, 4) is 11.5 Å². The first-order valence-corrected chi connectivity index (χ1v) is 13.4. The van der Waals surface area contributed by atoms with Crippen molar-refractivity contribution in [3.63, 3.8) is 0 Å². The van der Waals surface area contributed by atoms with E-state index in [9.17, 15) is 10.2 Å². The van der Waals surface area contributed by atoms with Crippen LogP contribution in [-0.4, -0.2) is 86.7 Å². The molecule has 1 heterocycles. The van der Waals surface area contributed by atoms with Gasteiger partial charge >= 0.3 is 0 Å². The van der Waals surface area contributed by atoms with Crippen molar-refractivity contribution in [2.45, 2.75) is 22.4 Å². The number of ether oxygens (including phenoxy) is 2. The largest absolute Gasteiger partial charge is 0.493 e. The highest BCUT2D eigenvalue weighted by atomic mass is 32.2. The molecule has 0 saturated heterocycles. The summed E-state index contributed by atoms with van der Waals surface area (Å²) in [4.78, 5) is 8.70. The van der Waals surface area contributed by atoms with Crippen LogP contribution in [-0.2, 0) is 6.54 Å². The molecule has 3 aromatic rings. The van der Waals surface area contributed by atoms with Crippen molar-refractivity contribution in [1.29, 1.82) is 0 Å². The van der Waals surface area contributed by atoms with Gasteiger partial charge in [0.1, 0.15) is 6.61 Å². The number of likely N-dealkylation sites (N-methyl/N-ethyl adjacent to an activating group) is 1. The van der Waals surface area contributed by atoms with Crippen molar-refractivity contribution in [2.24, 2.45) is 0 Å². The fourth-order valence-electron chi connectivity index (χ4n) is 4.45. The van der Waals surface area contributed by atoms with E-state index in [1.165, 1.54) is 9.79 Å². The molecule has 1 atom stereocenters. The number of fused-ring (bicyclic) bond motifs is 2. The first-order valence-electron chi connectivity index (χ1n) is 12.6. The van der Waals surface area contributed by atoms with E-state index in [0.717, 1.165) is 23.5 Å². The summed E-state index contributed by atoms with van der Waals surface area (Å²) in [6.07, 6.45) is -0.619. The molecule has 1 aliphatic rings. The Hall–Kier alpha value is -2.75. The van der Waals surface area contributed by atoms with Gasteiger partial charge in [0, 0.05) is 36.0 Å². The molecule has 0 bridgehead atoms. The molecule has 8 heteroatoms. The molecule has 3 aromatic carbocycles. The molecule has 0 radical (unpaired) electrons. The molecule has 0 aliphatic carbocycles. The van der Waals surface area contributed by atoms with Gasteiger partial charge in [0.25, 0.3) is 0 Å². The first-order chi connectivity index (χ1) is 18.0. The summed E-state index contributed by atoms with van der Waals surface area (Å²) < 4.78 is 11.5. The number of anilines is 2. The van der Waals surface area contributed by atoms with Gasteiger partial charge in [-0.25, -0.2) is 0 Å². The van der Waals surface area contributed by atoms with Crippen molar-refractivity contribution in [3.05, 3.63) is 72.3 Å². The maximum absolute atomic E-state index is 11.2. The smallest absolute Gasteiger partial charge is 0.161 e. The quantitative estimate of drug-likeness (QED) is 0.347. The highest BCUT2D eigenvalue weighted by molar-refractivity contribution is 7.99. The van der Waals surface area contributed by atoms with E-state index < -0.39 is 6.10 Å². The molecule has 7 nitrogen and oxygen atoms in total. The van der Waals surface area contributed by atoms with E-state index in [1.54, 1.807) is 18.9 Å². The van der Waals surface area contributed by atoms with E-state index >= 15 is 0 Å². The van der Waals surface area contributed by atoms with Crippen molar-refractivity contribution < 1.29 is 19.7 Å². The van der Waals surface area contributed by atoms with Gasteiger partial charge in [0.05, 0.1) is 37.7 Å². The standard InChI is InChI=1S/C29H37N3O4S/c1-30(2)15-17-36-26-13-12-22(18-27(26)35-3)19-31(14-16-33)20-23(34)21-32-24-8-4-6-10-28(24)37-29-11-7-5-9-25(29)32/h4-13,18,23,33-34H,14-17,19-21H2,1-3H3/t23-/m1/s1. The third kappa shape index (κ3) is 7.18. The lowest BCUT2D eigenvalue weighted by Gasteiger charge is -2.35. The Morgan fingerprint density at radius 2 is 1.59 bits per heavy atom. The van der Waals surface area contributed by atoms with Gasteiger partial charge in [-0.2, -0.15) is 0 Å². The Bertz CT molecular complexity index is 1110. The van der Waals surface area contributed by atoms with E-state index in [2.05, 4.69) is 39.0 Å². The lowest BCUT2D eigenvalue weighted by Crippen LogP contribution is -2.40. The lowest BCUT2D eigenvalue weighted by molar-refractivity contribution is 0.100. The van der Waals surface area contributed by atoms with Gasteiger partial charge in [-0.1, -0.05) is 42.1 Å². The van der Waals surface area contributed by atoms with Gasteiger partial charge in [-0.3, -0.25) is 4.90 Å². The number of nitrogens with zero attached hydrogens (tertiary/aromatic N) is 3. The summed E-state index contributed by atoms with van der Waals surface area (Å²) >= 11 is 1.76. The summed E-state index contributed by atoms with van der Waals surface area (Å²) in [5.41, 5.74) is 3.24. The summed E-state index contributed by atoms with van der Waals surface area (Å²) in [7, 11) is 5.66. The Morgan fingerprint density at radius 3 is 2.22 bits per heavy atom. The van der Waals surface area contributed by atoms with E-state index in [4.69, 9.17) is 9.47 Å². The molecule has 0 unspecified atom stereocenters. The number of aliphatic hydroxyl groups is 2. The second kappa shape index (κ2) is 13.2. The fraction of sp³-hybridized carbons (Fsp3) is 0.379. The zero-order chi connectivity index (χ0) is 26.2. The lowest BCUT2D eigenvalue weighted by atomic mass is 10.1. The minimum absolute atomic E-state index is 0.0155. The van der Waals surface area contributed by atoms with Crippen LogP contribution in [0.4, 0.5) is 11.4 Å². The van der Waals surface area contributed by atoms with Crippen LogP contribution in [0.2, 0.25) is 0 Å². The Morgan fingerprint density at radius 1 is 0.919 bits per heavy atom. The number of rotatable bonds is 13. The van der Waals surface area contributed by atoms with Crippen LogP contribution >= 0.6 is 11.8 Å². The third-order valence-electron chi connectivity index (χ3n) is 6.24. The van der Waals surface area contributed by atoms with Gasteiger partial charge in [-0.05, 0) is 56.1 Å². The van der Waals surface area contributed by atoms with Crippen LogP contribution in [0.25, 0.3) is 0 Å². The van der Waals surface area contributed by atoms with E-state index in [0.29, 0.717) is 44.3 Å². The van der Waals surface area contributed by atoms with Gasteiger partial charge < -0.3 is 29.5 Å². The van der Waals surface area contributed by atoms with Crippen LogP contribution in [0.1, 0.15) is 5.56 Å². The minimum atomic E-state index is -0.619. The van der Waals surface area contributed by atoms with Crippen LogP contribution in [0.3, 0.4) is 0 Å². The molecule has 4 rings (SSSR count). The summed E-state index contributed by atoms with van der Waals surface area (Å²) in [5.74, 6) is 1.39. The normalized spacial score (nSPS) is 13.4. The minimum Gasteiger partial charge on any atom is -0.493 e. The maximum Gasteiger partial charge on any atom is 0.161 e. The molecule has 0 saturated carbocycles. The van der Waals surface area contributed by atoms with Gasteiger partial charge in [-0.15, -0.1) is 0 Å². The van der Waals surface area contributed by atoms with Crippen LogP contribution in [0.5, 0.6) is 11.5 Å². The molecule has 2 N–H and O–H groups in total. The SMILES string of the molecule is COc1cc(CN(CCO)C[C@@H](O)CN2c3ccccc3Sc3ccccc32)ccc1OCCN(C)C. The van der Waals surface area contributed by atoms with Crippen LogP contribution in [0, 0.1) is 0 Å². The predicted octanol–water partition coefficient (Wildman–Crippen LogP) is 4.09. The molecular weight excluding hydrogens is 486 g/mol. The third-order valence-corrected chi connectivity index (χ3v) is 7.37. The number of hydrogen-bond acceptors (Lipinski definition) is 8. The van der Waals surface area contributed by atoms with Crippen molar-refractivity contribution >= 4 is 23.1 Å². The van der Waals surface area contributed by atoms with Crippen molar-refractivity contribution in [1.82, 2.24) is 9.80 Å². The average molecular weight is 524 g/mol. The highest BCUT2D eigenvalue weighted by Crippen LogP contribution is 2.47. The van der Waals surface area contributed by atoms with Crippen LogP contribution in [0.15, 0.2) is 76.5 Å². The second-order valence-corrected chi connectivity index (χ2v) is 10.5. The molecule has 0 aromatic heterocycles. The summed E-state index contributed by atoms with van der Waals surface area (Å²) in [6, 6.07) is 22.5. The molecule has 0 spiro atoms. The fourth-order valence-corrected chi connectivity index (χ4v) is 5.54. The molecule has 37 heavy (non-hydrogen) atoms. The monoisotopic (exact) mass is 523 g/mol. The zero-order valence-electron chi connectivity index (χ0n) is 21.8. The van der Waals surface area contributed by atoms with E-state index in [1.807, 2.05) is 56.6 Å². The number of β-amino-alcohol motifs (C(OH)–C–C–N with tert-alkyl or cyclic N) is 1. The van der Waals surface area contributed by atoms with Crippen LogP contribution < -0.4 is 14.4 Å². The molecular formula is C29H37N3O4S. The molecule has 198 valence electrons. The molecule has 1 aliphatic heterocycles. The topological polar surface area (TPSA) is 68.6 Å². The predicted molar refractivity (Wildman–Crippen MR) is 149 cm³/mol. The summed E-state index contributed by atoms with van der Waals surface area (Å²) in [6.45, 7) is 3.33.